The smallest absolute Gasteiger partial charge is 0.408 e. The molecule has 1 rings (SSSR count). The Balaban J connectivity index is 3.37. The minimum Gasteiger partial charge on any atom is -0.444 e. The molecule has 0 saturated heterocycles. The first-order valence-corrected chi connectivity index (χ1v) is 11.6. The minimum atomic E-state index is -0.806. The van der Waals surface area contributed by atoms with Crippen LogP contribution in [0, 0.1) is 5.92 Å². The van der Waals surface area contributed by atoms with Gasteiger partial charge in [0.25, 0.3) is 0 Å². The van der Waals surface area contributed by atoms with Gasteiger partial charge in [-0.25, -0.2) is 4.79 Å². The lowest BCUT2D eigenvalue weighted by atomic mass is 9.95. The van der Waals surface area contributed by atoms with E-state index in [0.29, 0.717) is 19.4 Å². The summed E-state index contributed by atoms with van der Waals surface area (Å²) in [6.45, 7) is 15.3. The number of alkyl carbamates (subject to hydrolysis) is 1. The summed E-state index contributed by atoms with van der Waals surface area (Å²) < 4.78 is 5.40. The molecular formula is C25H41N3O4. The Morgan fingerprint density at radius 1 is 1.00 bits per heavy atom. The maximum Gasteiger partial charge on any atom is 0.408 e. The van der Waals surface area contributed by atoms with E-state index in [1.54, 1.807) is 25.7 Å². The first-order chi connectivity index (χ1) is 14.9. The van der Waals surface area contributed by atoms with Crippen molar-refractivity contribution in [3.8, 4) is 0 Å². The van der Waals surface area contributed by atoms with Gasteiger partial charge in [0.1, 0.15) is 17.7 Å². The quantitative estimate of drug-likeness (QED) is 0.555. The first kappa shape index (κ1) is 27.5. The van der Waals surface area contributed by atoms with E-state index in [2.05, 4.69) is 10.6 Å². The summed E-state index contributed by atoms with van der Waals surface area (Å²) >= 11 is 0. The lowest BCUT2D eigenvalue weighted by molar-refractivity contribution is -0.143. The van der Waals surface area contributed by atoms with Gasteiger partial charge in [-0.15, -0.1) is 0 Å². The third-order valence-corrected chi connectivity index (χ3v) is 5.01. The standard InChI is InChI=1S/C25H41N3O4/c1-9-16-28(21(22(29)26-17(3)4)19-14-12-11-13-15-19)23(30)20(18(5)10-2)27-24(31)32-25(6,7)8/h11-15,17-18,20-21H,9-10,16H2,1-8H3,(H,26,29)(H,27,31). The molecule has 0 heterocycles. The highest BCUT2D eigenvalue weighted by Crippen LogP contribution is 2.25. The average Bonchev–Trinajstić information content (AvgIpc) is 2.69. The van der Waals surface area contributed by atoms with Gasteiger partial charge in [-0.3, -0.25) is 9.59 Å². The zero-order valence-electron chi connectivity index (χ0n) is 20.9. The SMILES string of the molecule is CCCN(C(=O)C(NC(=O)OC(C)(C)C)C(C)CC)C(C(=O)NC(C)C)c1ccccc1. The highest BCUT2D eigenvalue weighted by Gasteiger charge is 2.37. The molecule has 7 nitrogen and oxygen atoms in total. The van der Waals surface area contributed by atoms with E-state index in [1.165, 1.54) is 0 Å². The van der Waals surface area contributed by atoms with Crippen LogP contribution in [0.5, 0.6) is 0 Å². The highest BCUT2D eigenvalue weighted by molar-refractivity contribution is 5.92. The molecule has 0 spiro atoms. The third kappa shape index (κ3) is 8.52. The van der Waals surface area contributed by atoms with Gasteiger partial charge in [0.2, 0.25) is 11.8 Å². The number of hydrogen-bond acceptors (Lipinski definition) is 4. The van der Waals surface area contributed by atoms with Crippen LogP contribution in [0.3, 0.4) is 0 Å². The van der Waals surface area contributed by atoms with E-state index < -0.39 is 23.8 Å². The van der Waals surface area contributed by atoms with Crippen molar-refractivity contribution in [2.75, 3.05) is 6.54 Å². The van der Waals surface area contributed by atoms with Crippen LogP contribution in [0.25, 0.3) is 0 Å². The number of carbonyl (C=O) groups is 3. The molecular weight excluding hydrogens is 406 g/mol. The molecule has 0 radical (unpaired) electrons. The summed E-state index contributed by atoms with van der Waals surface area (Å²) in [5.41, 5.74) is 0.0487. The monoisotopic (exact) mass is 447 g/mol. The van der Waals surface area contributed by atoms with Gasteiger partial charge < -0.3 is 20.3 Å². The summed E-state index contributed by atoms with van der Waals surface area (Å²) in [7, 11) is 0. The van der Waals surface area contributed by atoms with Crippen LogP contribution in [0.15, 0.2) is 30.3 Å². The molecule has 0 aromatic heterocycles. The average molecular weight is 448 g/mol. The molecule has 0 aliphatic rings. The molecule has 180 valence electrons. The van der Waals surface area contributed by atoms with Crippen molar-refractivity contribution in [2.45, 2.75) is 92.0 Å². The van der Waals surface area contributed by atoms with Crippen molar-refractivity contribution >= 4 is 17.9 Å². The molecule has 3 unspecified atom stereocenters. The number of hydrogen-bond donors (Lipinski definition) is 2. The van der Waals surface area contributed by atoms with E-state index in [9.17, 15) is 14.4 Å². The fraction of sp³-hybridized carbons (Fsp3) is 0.640. The van der Waals surface area contributed by atoms with Gasteiger partial charge in [0.15, 0.2) is 0 Å². The Morgan fingerprint density at radius 3 is 2.06 bits per heavy atom. The van der Waals surface area contributed by atoms with Crippen LogP contribution in [0.2, 0.25) is 0 Å². The van der Waals surface area contributed by atoms with Crippen LogP contribution in [-0.2, 0) is 14.3 Å². The fourth-order valence-electron chi connectivity index (χ4n) is 3.38. The molecule has 3 amide bonds. The summed E-state index contributed by atoms with van der Waals surface area (Å²) in [4.78, 5) is 41.1. The number of amides is 3. The summed E-state index contributed by atoms with van der Waals surface area (Å²) in [6, 6.07) is 7.60. The Bertz CT molecular complexity index is 743. The molecule has 1 aromatic carbocycles. The second kappa shape index (κ2) is 12.5. The van der Waals surface area contributed by atoms with E-state index in [-0.39, 0.29) is 23.8 Å². The second-order valence-electron chi connectivity index (χ2n) is 9.52. The predicted octanol–water partition coefficient (Wildman–Crippen LogP) is 4.43. The number of nitrogens with zero attached hydrogens (tertiary/aromatic N) is 1. The minimum absolute atomic E-state index is 0.0717. The van der Waals surface area contributed by atoms with Crippen molar-refractivity contribution in [1.29, 1.82) is 0 Å². The Hall–Kier alpha value is -2.57. The number of benzene rings is 1. The van der Waals surface area contributed by atoms with Crippen LogP contribution >= 0.6 is 0 Å². The van der Waals surface area contributed by atoms with E-state index in [1.807, 2.05) is 65.0 Å². The van der Waals surface area contributed by atoms with Gasteiger partial charge in [-0.2, -0.15) is 0 Å². The molecule has 0 saturated carbocycles. The van der Waals surface area contributed by atoms with Crippen LogP contribution in [-0.4, -0.2) is 47.0 Å². The molecule has 2 N–H and O–H groups in total. The molecule has 32 heavy (non-hydrogen) atoms. The van der Waals surface area contributed by atoms with Crippen molar-refractivity contribution in [1.82, 2.24) is 15.5 Å². The van der Waals surface area contributed by atoms with Gasteiger partial charge in [-0.1, -0.05) is 57.5 Å². The molecule has 0 aliphatic heterocycles. The molecule has 7 heteroatoms. The molecule has 0 bridgehead atoms. The molecule has 0 fully saturated rings. The number of carbonyl (C=O) groups excluding carboxylic acids is 3. The molecule has 1 aromatic rings. The summed E-state index contributed by atoms with van der Waals surface area (Å²) in [6.07, 6.45) is 0.708. The van der Waals surface area contributed by atoms with Crippen LogP contribution in [0.1, 0.15) is 79.8 Å². The highest BCUT2D eigenvalue weighted by atomic mass is 16.6. The van der Waals surface area contributed by atoms with E-state index in [0.717, 1.165) is 5.56 Å². The lowest BCUT2D eigenvalue weighted by Crippen LogP contribution is -2.55. The zero-order valence-corrected chi connectivity index (χ0v) is 20.9. The van der Waals surface area contributed by atoms with Gasteiger partial charge >= 0.3 is 6.09 Å². The molecule has 3 atom stereocenters. The predicted molar refractivity (Wildman–Crippen MR) is 127 cm³/mol. The van der Waals surface area contributed by atoms with Crippen molar-refractivity contribution < 1.29 is 19.1 Å². The zero-order chi connectivity index (χ0) is 24.5. The summed E-state index contributed by atoms with van der Waals surface area (Å²) in [5.74, 6) is -0.674. The van der Waals surface area contributed by atoms with Gasteiger partial charge in [0.05, 0.1) is 0 Å². The topological polar surface area (TPSA) is 87.7 Å². The third-order valence-electron chi connectivity index (χ3n) is 5.01. The van der Waals surface area contributed by atoms with Crippen LogP contribution in [0.4, 0.5) is 4.79 Å². The largest absolute Gasteiger partial charge is 0.444 e. The van der Waals surface area contributed by atoms with Crippen molar-refractivity contribution in [3.63, 3.8) is 0 Å². The maximum absolute atomic E-state index is 13.8. The number of rotatable bonds is 10. The maximum atomic E-state index is 13.8. The van der Waals surface area contributed by atoms with Gasteiger partial charge in [0, 0.05) is 12.6 Å². The Morgan fingerprint density at radius 2 is 1.59 bits per heavy atom. The number of ether oxygens (including phenoxy) is 1. The van der Waals surface area contributed by atoms with E-state index in [4.69, 9.17) is 4.74 Å². The van der Waals surface area contributed by atoms with E-state index >= 15 is 0 Å². The first-order valence-electron chi connectivity index (χ1n) is 11.6. The Labute approximate surface area is 193 Å². The Kier molecular flexibility index (Phi) is 10.7. The summed E-state index contributed by atoms with van der Waals surface area (Å²) in [5, 5.41) is 5.71. The van der Waals surface area contributed by atoms with Crippen molar-refractivity contribution in [2.24, 2.45) is 5.92 Å². The number of nitrogens with one attached hydrogen (secondary N) is 2. The normalized spacial score (nSPS) is 14.3. The lowest BCUT2D eigenvalue weighted by Gasteiger charge is -2.36. The molecule has 0 aliphatic carbocycles. The second-order valence-corrected chi connectivity index (χ2v) is 9.52. The van der Waals surface area contributed by atoms with Crippen LogP contribution < -0.4 is 10.6 Å². The van der Waals surface area contributed by atoms with Crippen molar-refractivity contribution in [3.05, 3.63) is 35.9 Å². The van der Waals surface area contributed by atoms with Gasteiger partial charge in [-0.05, 0) is 52.5 Å². The fourth-order valence-corrected chi connectivity index (χ4v) is 3.38.